The molecule has 1 N–H and O–H groups in total. The van der Waals surface area contributed by atoms with E-state index in [9.17, 15) is 4.79 Å². The average molecular weight is 357 g/mol. The number of para-hydroxylation sites is 1. The summed E-state index contributed by atoms with van der Waals surface area (Å²) in [6.45, 7) is 0. The SMILES string of the molecule is Cn1ccnc1[C@H](NC(=O)c1cnn(-c2ccccc2)c1)c1ccccc1. The molecule has 6 heteroatoms. The summed E-state index contributed by atoms with van der Waals surface area (Å²) in [6, 6.07) is 19.1. The fraction of sp³-hybridized carbons (Fsp3) is 0.0952. The van der Waals surface area contributed by atoms with Crippen molar-refractivity contribution in [2.24, 2.45) is 7.05 Å². The molecule has 4 rings (SSSR count). The third kappa shape index (κ3) is 3.50. The maximum Gasteiger partial charge on any atom is 0.255 e. The molecule has 0 radical (unpaired) electrons. The molecule has 4 aromatic rings. The summed E-state index contributed by atoms with van der Waals surface area (Å²) in [6.07, 6.45) is 6.89. The number of hydrogen-bond acceptors (Lipinski definition) is 3. The highest BCUT2D eigenvalue weighted by atomic mass is 16.1. The van der Waals surface area contributed by atoms with E-state index in [1.54, 1.807) is 23.3 Å². The first-order chi connectivity index (χ1) is 13.2. The highest BCUT2D eigenvalue weighted by molar-refractivity contribution is 5.94. The number of aryl methyl sites for hydroxylation is 1. The molecule has 0 fully saturated rings. The summed E-state index contributed by atoms with van der Waals surface area (Å²) >= 11 is 0. The van der Waals surface area contributed by atoms with Gasteiger partial charge in [0.15, 0.2) is 0 Å². The van der Waals surface area contributed by atoms with E-state index in [-0.39, 0.29) is 11.9 Å². The molecule has 1 atom stereocenters. The topological polar surface area (TPSA) is 64.7 Å². The van der Waals surface area contributed by atoms with Crippen molar-refractivity contribution >= 4 is 5.91 Å². The molecule has 0 unspecified atom stereocenters. The van der Waals surface area contributed by atoms with Gasteiger partial charge < -0.3 is 9.88 Å². The van der Waals surface area contributed by atoms with Crippen LogP contribution in [-0.2, 0) is 7.05 Å². The molecular weight excluding hydrogens is 338 g/mol. The van der Waals surface area contributed by atoms with Crippen LogP contribution in [0.4, 0.5) is 0 Å². The minimum atomic E-state index is -0.348. The Morgan fingerprint density at radius 1 is 1.04 bits per heavy atom. The number of carbonyl (C=O) groups excluding carboxylic acids is 1. The molecule has 2 heterocycles. The number of nitrogens with one attached hydrogen (secondary N) is 1. The number of nitrogens with zero attached hydrogens (tertiary/aromatic N) is 4. The van der Waals surface area contributed by atoms with Gasteiger partial charge in [-0.2, -0.15) is 5.10 Å². The van der Waals surface area contributed by atoms with Crippen LogP contribution >= 0.6 is 0 Å². The Balaban J connectivity index is 1.61. The monoisotopic (exact) mass is 357 g/mol. The molecule has 2 aromatic heterocycles. The van der Waals surface area contributed by atoms with E-state index in [1.165, 1.54) is 0 Å². The van der Waals surface area contributed by atoms with Gasteiger partial charge in [-0.1, -0.05) is 48.5 Å². The number of benzene rings is 2. The smallest absolute Gasteiger partial charge is 0.255 e. The molecule has 2 aromatic carbocycles. The molecule has 0 aliphatic heterocycles. The van der Waals surface area contributed by atoms with Crippen molar-refractivity contribution in [3.63, 3.8) is 0 Å². The Bertz CT molecular complexity index is 1040. The molecule has 27 heavy (non-hydrogen) atoms. The minimum absolute atomic E-state index is 0.200. The Morgan fingerprint density at radius 2 is 1.74 bits per heavy atom. The summed E-state index contributed by atoms with van der Waals surface area (Å²) < 4.78 is 3.60. The third-order valence-electron chi connectivity index (χ3n) is 4.39. The van der Waals surface area contributed by atoms with Gasteiger partial charge in [0.2, 0.25) is 0 Å². The van der Waals surface area contributed by atoms with Gasteiger partial charge in [0.25, 0.3) is 5.91 Å². The van der Waals surface area contributed by atoms with Gasteiger partial charge in [-0.25, -0.2) is 9.67 Å². The molecule has 0 saturated carbocycles. The van der Waals surface area contributed by atoms with Crippen LogP contribution in [-0.4, -0.2) is 25.2 Å². The van der Waals surface area contributed by atoms with E-state index < -0.39 is 0 Å². The maximum absolute atomic E-state index is 12.9. The van der Waals surface area contributed by atoms with Gasteiger partial charge in [0.05, 0.1) is 17.4 Å². The van der Waals surface area contributed by atoms with Gasteiger partial charge in [-0.3, -0.25) is 4.79 Å². The van der Waals surface area contributed by atoms with Crippen LogP contribution < -0.4 is 5.32 Å². The van der Waals surface area contributed by atoms with Gasteiger partial charge >= 0.3 is 0 Å². The molecule has 0 saturated heterocycles. The number of hydrogen-bond donors (Lipinski definition) is 1. The highest BCUT2D eigenvalue weighted by Crippen LogP contribution is 2.21. The first kappa shape index (κ1) is 16.8. The summed E-state index contributed by atoms with van der Waals surface area (Å²) in [5.41, 5.74) is 2.37. The molecule has 0 spiro atoms. The summed E-state index contributed by atoms with van der Waals surface area (Å²) in [5.74, 6) is 0.569. The Hall–Kier alpha value is -3.67. The van der Waals surface area contributed by atoms with Crippen LogP contribution in [0.5, 0.6) is 0 Å². The number of rotatable bonds is 5. The van der Waals surface area contributed by atoms with E-state index >= 15 is 0 Å². The second-order valence-electron chi connectivity index (χ2n) is 6.22. The summed E-state index contributed by atoms with van der Waals surface area (Å²) in [4.78, 5) is 17.3. The van der Waals surface area contributed by atoms with Crippen molar-refractivity contribution < 1.29 is 4.79 Å². The molecular formula is C21H19N5O. The Kier molecular flexibility index (Phi) is 4.53. The Labute approximate surface area is 157 Å². The van der Waals surface area contributed by atoms with Crippen LogP contribution in [0.2, 0.25) is 0 Å². The largest absolute Gasteiger partial charge is 0.338 e. The van der Waals surface area contributed by atoms with Crippen LogP contribution in [0.1, 0.15) is 27.8 Å². The fourth-order valence-electron chi connectivity index (χ4n) is 2.97. The van der Waals surface area contributed by atoms with Crippen molar-refractivity contribution in [2.75, 3.05) is 0 Å². The average Bonchev–Trinajstić information content (AvgIpc) is 3.37. The van der Waals surface area contributed by atoms with Crippen molar-refractivity contribution in [1.82, 2.24) is 24.6 Å². The fourth-order valence-corrected chi connectivity index (χ4v) is 2.97. The van der Waals surface area contributed by atoms with Crippen molar-refractivity contribution in [1.29, 1.82) is 0 Å². The van der Waals surface area contributed by atoms with E-state index in [2.05, 4.69) is 15.4 Å². The van der Waals surface area contributed by atoms with E-state index in [0.29, 0.717) is 5.56 Å². The quantitative estimate of drug-likeness (QED) is 0.597. The Morgan fingerprint density at radius 3 is 2.41 bits per heavy atom. The van der Waals surface area contributed by atoms with Crippen LogP contribution in [0.3, 0.4) is 0 Å². The predicted molar refractivity (Wildman–Crippen MR) is 103 cm³/mol. The standard InChI is InChI=1S/C21H19N5O/c1-25-13-12-22-20(25)19(16-8-4-2-5-9-16)24-21(27)17-14-23-26(15-17)18-10-6-3-7-11-18/h2-15,19H,1H3,(H,24,27)/t19-/m1/s1. The number of carbonyl (C=O) groups is 1. The van der Waals surface area contributed by atoms with E-state index in [1.807, 2.05) is 78.5 Å². The zero-order chi connectivity index (χ0) is 18.6. The lowest BCUT2D eigenvalue weighted by atomic mass is 10.1. The van der Waals surface area contributed by atoms with Crippen LogP contribution in [0.25, 0.3) is 5.69 Å². The zero-order valence-electron chi connectivity index (χ0n) is 14.9. The third-order valence-corrected chi connectivity index (χ3v) is 4.39. The van der Waals surface area contributed by atoms with E-state index in [0.717, 1.165) is 17.1 Å². The highest BCUT2D eigenvalue weighted by Gasteiger charge is 2.22. The van der Waals surface area contributed by atoms with Crippen molar-refractivity contribution in [2.45, 2.75) is 6.04 Å². The number of imidazole rings is 1. The summed E-state index contributed by atoms with van der Waals surface area (Å²) in [5, 5.41) is 7.38. The van der Waals surface area contributed by atoms with Gasteiger partial charge in [0, 0.05) is 25.6 Å². The molecule has 1 amide bonds. The predicted octanol–water partition coefficient (Wildman–Crippen LogP) is 3.13. The number of aromatic nitrogens is 4. The maximum atomic E-state index is 12.9. The van der Waals surface area contributed by atoms with Crippen molar-refractivity contribution in [3.8, 4) is 5.69 Å². The second kappa shape index (κ2) is 7.29. The van der Waals surface area contributed by atoms with E-state index in [4.69, 9.17) is 0 Å². The lowest BCUT2D eigenvalue weighted by molar-refractivity contribution is 0.0941. The van der Waals surface area contributed by atoms with Gasteiger partial charge in [0.1, 0.15) is 11.9 Å². The first-order valence-electron chi connectivity index (χ1n) is 8.65. The minimum Gasteiger partial charge on any atom is -0.338 e. The first-order valence-corrected chi connectivity index (χ1v) is 8.65. The molecule has 0 aliphatic carbocycles. The normalized spacial score (nSPS) is 11.9. The lowest BCUT2D eigenvalue weighted by Crippen LogP contribution is -2.30. The molecule has 6 nitrogen and oxygen atoms in total. The number of amides is 1. The van der Waals surface area contributed by atoms with Crippen LogP contribution in [0, 0.1) is 0 Å². The lowest BCUT2D eigenvalue weighted by Gasteiger charge is -2.18. The zero-order valence-corrected chi connectivity index (χ0v) is 14.9. The molecule has 0 bridgehead atoms. The van der Waals surface area contributed by atoms with Crippen LogP contribution in [0.15, 0.2) is 85.5 Å². The second-order valence-corrected chi connectivity index (χ2v) is 6.22. The van der Waals surface area contributed by atoms with Crippen molar-refractivity contribution in [3.05, 3.63) is 102 Å². The molecule has 134 valence electrons. The molecule has 0 aliphatic rings. The van der Waals surface area contributed by atoms with Gasteiger partial charge in [-0.15, -0.1) is 0 Å². The summed E-state index contributed by atoms with van der Waals surface area (Å²) in [7, 11) is 1.91. The van der Waals surface area contributed by atoms with Gasteiger partial charge in [-0.05, 0) is 17.7 Å².